The van der Waals surface area contributed by atoms with Gasteiger partial charge in [0, 0.05) is 68.0 Å². The zero-order valence-electron chi connectivity index (χ0n) is 23.6. The van der Waals surface area contributed by atoms with Gasteiger partial charge in [0.1, 0.15) is 16.3 Å². The van der Waals surface area contributed by atoms with Crippen LogP contribution in [0.2, 0.25) is 0 Å². The van der Waals surface area contributed by atoms with Crippen LogP contribution < -0.4 is 10.1 Å². The van der Waals surface area contributed by atoms with Gasteiger partial charge in [-0.2, -0.15) is 0 Å². The Balaban J connectivity index is 1.20. The van der Waals surface area contributed by atoms with Crippen LogP contribution in [0.3, 0.4) is 0 Å². The molecule has 1 N–H and O–H groups in total. The van der Waals surface area contributed by atoms with Crippen LogP contribution in [0.5, 0.6) is 11.5 Å². The van der Waals surface area contributed by atoms with Gasteiger partial charge >= 0.3 is 0 Å². The number of carbonyl (C=O) groups is 1. The minimum Gasteiger partial charge on any atom is -0.457 e. The number of nitrogens with one attached hydrogen (secondary N) is 1. The van der Waals surface area contributed by atoms with E-state index in [2.05, 4.69) is 46.2 Å². The fraction of sp³-hybridized carbons (Fsp3) is 0.242. The number of pyridine rings is 2. The van der Waals surface area contributed by atoms with E-state index in [1.54, 1.807) is 23.7 Å². The zero-order valence-corrected chi connectivity index (χ0v) is 24.4. The molecular formula is C33H33N5O2S. The Morgan fingerprint density at radius 3 is 2.63 bits per heavy atom. The van der Waals surface area contributed by atoms with E-state index in [0.717, 1.165) is 65.4 Å². The molecule has 0 radical (unpaired) electrons. The van der Waals surface area contributed by atoms with Gasteiger partial charge in [0.25, 0.3) is 5.91 Å². The zero-order chi connectivity index (χ0) is 28.3. The molecule has 2 aromatic carbocycles. The minimum atomic E-state index is -0.161. The van der Waals surface area contributed by atoms with Crippen LogP contribution in [0.4, 0.5) is 5.69 Å². The molecule has 7 nitrogen and oxygen atoms in total. The van der Waals surface area contributed by atoms with E-state index >= 15 is 0 Å². The van der Waals surface area contributed by atoms with Crippen LogP contribution >= 0.6 is 11.3 Å². The van der Waals surface area contributed by atoms with Crippen LogP contribution in [0, 0.1) is 13.8 Å². The molecule has 3 aromatic heterocycles. The highest BCUT2D eigenvalue weighted by molar-refractivity contribution is 7.16. The molecule has 1 aliphatic heterocycles. The standard InChI is InChI=1S/C33H33N5O2S/c1-22-6-9-27(40-31-19-30(24-5-4-11-34-20-24)36-33-28(31)10-16-41-33)18-29(22)32(39)35-26-8-7-25(23(2)17-26)21-38-14-12-37(3)13-15-38/h4-11,16-20H,12-15,21H2,1-3H3,(H,35,39). The summed E-state index contributed by atoms with van der Waals surface area (Å²) in [6, 6.07) is 19.6. The second-order valence-corrected chi connectivity index (χ2v) is 11.5. The lowest BCUT2D eigenvalue weighted by molar-refractivity contribution is 0.102. The van der Waals surface area contributed by atoms with Crippen molar-refractivity contribution in [3.8, 4) is 22.8 Å². The predicted molar refractivity (Wildman–Crippen MR) is 166 cm³/mol. The van der Waals surface area contributed by atoms with Crippen molar-refractivity contribution in [3.63, 3.8) is 0 Å². The number of carbonyl (C=O) groups excluding carboxylic acids is 1. The first kappa shape index (κ1) is 27.1. The Labute approximate surface area is 244 Å². The first-order valence-electron chi connectivity index (χ1n) is 13.8. The lowest BCUT2D eigenvalue weighted by Crippen LogP contribution is -2.43. The molecule has 0 aliphatic carbocycles. The van der Waals surface area contributed by atoms with Gasteiger partial charge < -0.3 is 15.0 Å². The number of thiophene rings is 1. The fourth-order valence-corrected chi connectivity index (χ4v) is 5.88. The number of piperazine rings is 1. The number of benzene rings is 2. The molecule has 1 saturated heterocycles. The smallest absolute Gasteiger partial charge is 0.256 e. The number of ether oxygens (including phenoxy) is 1. The summed E-state index contributed by atoms with van der Waals surface area (Å²) < 4.78 is 6.38. The third kappa shape index (κ3) is 6.15. The van der Waals surface area contributed by atoms with E-state index in [4.69, 9.17) is 9.72 Å². The van der Waals surface area contributed by atoms with Gasteiger partial charge in [-0.1, -0.05) is 12.1 Å². The number of rotatable bonds is 7. The van der Waals surface area contributed by atoms with Gasteiger partial charge in [-0.05, 0) is 85.4 Å². The number of likely N-dealkylation sites (N-methyl/N-ethyl adjacent to an activating group) is 1. The average molecular weight is 564 g/mol. The maximum absolute atomic E-state index is 13.4. The molecule has 41 heavy (non-hydrogen) atoms. The van der Waals surface area contributed by atoms with Crippen molar-refractivity contribution in [3.05, 3.63) is 101 Å². The molecule has 5 aromatic rings. The lowest BCUT2D eigenvalue weighted by atomic mass is 10.1. The third-order valence-corrected chi connectivity index (χ3v) is 8.44. The van der Waals surface area contributed by atoms with Crippen molar-refractivity contribution < 1.29 is 9.53 Å². The first-order chi connectivity index (χ1) is 19.9. The molecule has 1 amide bonds. The van der Waals surface area contributed by atoms with Crippen LogP contribution in [-0.4, -0.2) is 58.9 Å². The van der Waals surface area contributed by atoms with Crippen LogP contribution in [0.1, 0.15) is 27.0 Å². The lowest BCUT2D eigenvalue weighted by Gasteiger charge is -2.32. The van der Waals surface area contributed by atoms with E-state index in [0.29, 0.717) is 17.1 Å². The topological polar surface area (TPSA) is 70.6 Å². The van der Waals surface area contributed by atoms with Crippen molar-refractivity contribution in [2.24, 2.45) is 0 Å². The summed E-state index contributed by atoms with van der Waals surface area (Å²) in [6.45, 7) is 9.33. The summed E-state index contributed by atoms with van der Waals surface area (Å²) in [7, 11) is 2.17. The quantitative estimate of drug-likeness (QED) is 0.236. The summed E-state index contributed by atoms with van der Waals surface area (Å²) in [5.74, 6) is 1.12. The van der Waals surface area contributed by atoms with E-state index in [1.807, 2.05) is 60.8 Å². The number of amides is 1. The second kappa shape index (κ2) is 11.8. The largest absolute Gasteiger partial charge is 0.457 e. The highest BCUT2D eigenvalue weighted by Gasteiger charge is 2.17. The summed E-state index contributed by atoms with van der Waals surface area (Å²) in [6.07, 6.45) is 3.54. The van der Waals surface area contributed by atoms with Crippen molar-refractivity contribution in [2.75, 3.05) is 38.5 Å². The molecule has 1 aliphatic rings. The van der Waals surface area contributed by atoms with Crippen LogP contribution in [-0.2, 0) is 6.54 Å². The molecule has 8 heteroatoms. The molecule has 0 saturated carbocycles. The summed E-state index contributed by atoms with van der Waals surface area (Å²) in [4.78, 5) is 28.2. The number of hydrogen-bond donors (Lipinski definition) is 1. The molecule has 0 spiro atoms. The highest BCUT2D eigenvalue weighted by atomic mass is 32.1. The van der Waals surface area contributed by atoms with Gasteiger partial charge in [-0.3, -0.25) is 14.7 Å². The molecule has 6 rings (SSSR count). The monoisotopic (exact) mass is 563 g/mol. The molecule has 0 bridgehead atoms. The van der Waals surface area contributed by atoms with Crippen molar-refractivity contribution in [1.29, 1.82) is 0 Å². The van der Waals surface area contributed by atoms with Crippen LogP contribution in [0.25, 0.3) is 21.5 Å². The number of hydrogen-bond acceptors (Lipinski definition) is 7. The van der Waals surface area contributed by atoms with Crippen LogP contribution in [0.15, 0.2) is 78.4 Å². The maximum Gasteiger partial charge on any atom is 0.256 e. The maximum atomic E-state index is 13.4. The van der Waals surface area contributed by atoms with E-state index in [-0.39, 0.29) is 5.91 Å². The SMILES string of the molecule is Cc1cc(NC(=O)c2cc(Oc3cc(-c4cccnc4)nc4sccc34)ccc2C)ccc1CN1CCN(C)CC1. The number of aromatic nitrogens is 2. The van der Waals surface area contributed by atoms with Gasteiger partial charge in [0.2, 0.25) is 0 Å². The Bertz CT molecular complexity index is 1690. The average Bonchev–Trinajstić information content (AvgIpc) is 3.46. The molecular weight excluding hydrogens is 530 g/mol. The van der Waals surface area contributed by atoms with Gasteiger partial charge in [0.15, 0.2) is 0 Å². The second-order valence-electron chi connectivity index (χ2n) is 10.6. The Hall–Kier alpha value is -4.11. The highest BCUT2D eigenvalue weighted by Crippen LogP contribution is 2.36. The molecule has 1 fully saturated rings. The summed E-state index contributed by atoms with van der Waals surface area (Å²) in [5, 5.41) is 6.03. The number of nitrogens with zero attached hydrogens (tertiary/aromatic N) is 4. The Morgan fingerprint density at radius 1 is 1.00 bits per heavy atom. The number of aryl methyl sites for hydroxylation is 2. The predicted octanol–water partition coefficient (Wildman–Crippen LogP) is 6.77. The molecule has 4 heterocycles. The molecule has 0 atom stereocenters. The number of anilines is 1. The normalized spacial score (nSPS) is 14.3. The number of fused-ring (bicyclic) bond motifs is 1. The van der Waals surface area contributed by atoms with Gasteiger partial charge in [-0.25, -0.2) is 4.98 Å². The van der Waals surface area contributed by atoms with E-state index < -0.39 is 0 Å². The summed E-state index contributed by atoms with van der Waals surface area (Å²) in [5.41, 5.74) is 6.42. The third-order valence-electron chi connectivity index (χ3n) is 7.63. The molecule has 208 valence electrons. The van der Waals surface area contributed by atoms with E-state index in [9.17, 15) is 4.79 Å². The van der Waals surface area contributed by atoms with Gasteiger partial charge in [0.05, 0.1) is 11.1 Å². The van der Waals surface area contributed by atoms with Crippen molar-refractivity contribution in [1.82, 2.24) is 19.8 Å². The Morgan fingerprint density at radius 2 is 1.85 bits per heavy atom. The van der Waals surface area contributed by atoms with Gasteiger partial charge in [-0.15, -0.1) is 11.3 Å². The van der Waals surface area contributed by atoms with Crippen molar-refractivity contribution >= 4 is 33.1 Å². The molecule has 0 unspecified atom stereocenters. The van der Waals surface area contributed by atoms with Crippen molar-refractivity contribution in [2.45, 2.75) is 20.4 Å². The summed E-state index contributed by atoms with van der Waals surface area (Å²) >= 11 is 1.56. The minimum absolute atomic E-state index is 0.161. The first-order valence-corrected chi connectivity index (χ1v) is 14.7. The fourth-order valence-electron chi connectivity index (χ4n) is 5.10. The Kier molecular flexibility index (Phi) is 7.78. The van der Waals surface area contributed by atoms with E-state index in [1.165, 1.54) is 11.1 Å².